The highest BCUT2D eigenvalue weighted by Crippen LogP contribution is 2.08. The molecule has 78 valence electrons. The zero-order valence-electron chi connectivity index (χ0n) is 9.09. The number of hydrogen-bond donors (Lipinski definition) is 2. The molecule has 13 heavy (non-hydrogen) atoms. The number of nitrogens with one attached hydrogen (secondary N) is 1. The van der Waals surface area contributed by atoms with E-state index in [9.17, 15) is 0 Å². The van der Waals surface area contributed by atoms with Crippen molar-refractivity contribution in [1.82, 2.24) is 5.32 Å². The average Bonchev–Trinajstić information content (AvgIpc) is 2.11. The first-order valence-electron chi connectivity index (χ1n) is 5.13. The number of aliphatic hydroxyl groups excluding tert-OH is 1. The molecule has 2 heteroatoms. The molecule has 0 heterocycles. The molecule has 2 atom stereocenters. The van der Waals surface area contributed by atoms with Crippen LogP contribution in [0.2, 0.25) is 0 Å². The Morgan fingerprint density at radius 3 is 2.38 bits per heavy atom. The lowest BCUT2D eigenvalue weighted by Crippen LogP contribution is -2.42. The van der Waals surface area contributed by atoms with Crippen LogP contribution in [0.25, 0.3) is 0 Å². The van der Waals surface area contributed by atoms with Gasteiger partial charge in [-0.25, -0.2) is 0 Å². The fraction of sp³-hybridized carbons (Fsp3) is 0.818. The largest absolute Gasteiger partial charge is 0.395 e. The quantitative estimate of drug-likeness (QED) is 0.594. The van der Waals surface area contributed by atoms with Crippen LogP contribution in [0.4, 0.5) is 0 Å². The van der Waals surface area contributed by atoms with Crippen LogP contribution in [-0.4, -0.2) is 23.8 Å². The van der Waals surface area contributed by atoms with Gasteiger partial charge in [0.1, 0.15) is 0 Å². The van der Waals surface area contributed by atoms with Crippen molar-refractivity contribution in [3.05, 3.63) is 12.7 Å². The van der Waals surface area contributed by atoms with Gasteiger partial charge in [-0.2, -0.15) is 0 Å². The molecule has 0 aliphatic rings. The summed E-state index contributed by atoms with van der Waals surface area (Å²) >= 11 is 0. The van der Waals surface area contributed by atoms with E-state index < -0.39 is 0 Å². The Morgan fingerprint density at radius 2 is 2.08 bits per heavy atom. The normalized spacial score (nSPS) is 15.8. The summed E-state index contributed by atoms with van der Waals surface area (Å²) < 4.78 is 0. The second-order valence-corrected chi connectivity index (χ2v) is 3.83. The molecule has 0 spiro atoms. The molecule has 0 fully saturated rings. The second kappa shape index (κ2) is 7.10. The van der Waals surface area contributed by atoms with Gasteiger partial charge in [0.2, 0.25) is 0 Å². The lowest BCUT2D eigenvalue weighted by atomic mass is 9.99. The van der Waals surface area contributed by atoms with Crippen molar-refractivity contribution >= 4 is 0 Å². The predicted octanol–water partition coefficient (Wildman–Crippen LogP) is 1.95. The molecule has 0 aromatic carbocycles. The Bertz CT molecular complexity index is 130. The Kier molecular flexibility index (Phi) is 6.92. The lowest BCUT2D eigenvalue weighted by molar-refractivity contribution is 0.216. The first-order valence-corrected chi connectivity index (χ1v) is 5.13. The molecule has 0 amide bonds. The molecule has 0 saturated heterocycles. The minimum absolute atomic E-state index is 0.219. The first kappa shape index (κ1) is 12.7. The summed E-state index contributed by atoms with van der Waals surface area (Å²) in [6.45, 7) is 10.4. The van der Waals surface area contributed by atoms with Crippen molar-refractivity contribution in [1.29, 1.82) is 0 Å². The zero-order valence-corrected chi connectivity index (χ0v) is 9.09. The van der Waals surface area contributed by atoms with E-state index >= 15 is 0 Å². The van der Waals surface area contributed by atoms with Gasteiger partial charge in [-0.15, -0.1) is 6.58 Å². The number of hydrogen-bond acceptors (Lipinski definition) is 2. The maximum atomic E-state index is 9.04. The maximum Gasteiger partial charge on any atom is 0.0584 e. The highest BCUT2D eigenvalue weighted by atomic mass is 16.3. The smallest absolute Gasteiger partial charge is 0.0584 e. The zero-order chi connectivity index (χ0) is 10.3. The summed E-state index contributed by atoms with van der Waals surface area (Å²) in [5.74, 6) is 0.582. The Labute approximate surface area is 82.0 Å². The van der Waals surface area contributed by atoms with Crippen LogP contribution >= 0.6 is 0 Å². The summed E-state index contributed by atoms with van der Waals surface area (Å²) in [6, 6.07) is 0.668. The van der Waals surface area contributed by atoms with Gasteiger partial charge < -0.3 is 10.4 Å². The molecule has 0 rings (SSSR count). The van der Waals surface area contributed by atoms with Gasteiger partial charge in [-0.3, -0.25) is 0 Å². The average molecular weight is 185 g/mol. The standard InChI is InChI=1S/C11H23NO/c1-5-7-11(9(3)4)12-10(6-2)8-13/h5,9-13H,1,6-8H2,2-4H3. The Hall–Kier alpha value is -0.340. The van der Waals surface area contributed by atoms with Gasteiger partial charge in [0.05, 0.1) is 6.61 Å². The Morgan fingerprint density at radius 1 is 1.46 bits per heavy atom. The van der Waals surface area contributed by atoms with Crippen molar-refractivity contribution in [3.8, 4) is 0 Å². The maximum absolute atomic E-state index is 9.04. The molecule has 0 aromatic heterocycles. The fourth-order valence-corrected chi connectivity index (χ4v) is 1.31. The molecule has 0 aliphatic carbocycles. The van der Waals surface area contributed by atoms with Gasteiger partial charge in [0, 0.05) is 12.1 Å². The predicted molar refractivity (Wildman–Crippen MR) is 57.7 cm³/mol. The van der Waals surface area contributed by atoms with Crippen LogP contribution in [-0.2, 0) is 0 Å². The van der Waals surface area contributed by atoms with Crippen LogP contribution in [0, 0.1) is 5.92 Å². The monoisotopic (exact) mass is 185 g/mol. The topological polar surface area (TPSA) is 32.3 Å². The SMILES string of the molecule is C=CCC(NC(CC)CO)C(C)C. The molecule has 0 aliphatic heterocycles. The van der Waals surface area contributed by atoms with Crippen molar-refractivity contribution < 1.29 is 5.11 Å². The highest BCUT2D eigenvalue weighted by molar-refractivity contribution is 4.82. The summed E-state index contributed by atoms with van der Waals surface area (Å²) in [5, 5.41) is 12.5. The van der Waals surface area contributed by atoms with Gasteiger partial charge in [0.25, 0.3) is 0 Å². The highest BCUT2D eigenvalue weighted by Gasteiger charge is 2.14. The van der Waals surface area contributed by atoms with Crippen molar-refractivity contribution in [2.24, 2.45) is 5.92 Å². The third-order valence-electron chi connectivity index (χ3n) is 2.39. The summed E-state index contributed by atoms with van der Waals surface area (Å²) in [4.78, 5) is 0. The van der Waals surface area contributed by atoms with Gasteiger partial charge in [0.15, 0.2) is 0 Å². The lowest BCUT2D eigenvalue weighted by Gasteiger charge is -2.25. The number of aliphatic hydroxyl groups is 1. The molecule has 0 aromatic rings. The molecule has 2 nitrogen and oxygen atoms in total. The molecular formula is C11H23NO. The molecule has 2 N–H and O–H groups in total. The van der Waals surface area contributed by atoms with Crippen LogP contribution in [0.5, 0.6) is 0 Å². The first-order chi connectivity index (χ1) is 6.15. The van der Waals surface area contributed by atoms with Crippen molar-refractivity contribution in [2.45, 2.75) is 45.7 Å². The van der Waals surface area contributed by atoms with E-state index in [0.29, 0.717) is 12.0 Å². The van der Waals surface area contributed by atoms with E-state index in [1.165, 1.54) is 0 Å². The molecule has 0 saturated carbocycles. The van der Waals surface area contributed by atoms with E-state index in [-0.39, 0.29) is 12.6 Å². The second-order valence-electron chi connectivity index (χ2n) is 3.83. The van der Waals surface area contributed by atoms with E-state index in [4.69, 9.17) is 5.11 Å². The van der Waals surface area contributed by atoms with E-state index in [2.05, 4.69) is 32.7 Å². The van der Waals surface area contributed by atoms with Crippen LogP contribution in [0.1, 0.15) is 33.6 Å². The van der Waals surface area contributed by atoms with Crippen LogP contribution in [0.3, 0.4) is 0 Å². The van der Waals surface area contributed by atoms with Crippen LogP contribution < -0.4 is 5.32 Å². The summed E-state index contributed by atoms with van der Waals surface area (Å²) in [7, 11) is 0. The molecular weight excluding hydrogens is 162 g/mol. The van der Waals surface area contributed by atoms with Gasteiger partial charge >= 0.3 is 0 Å². The molecule has 0 radical (unpaired) electrons. The summed E-state index contributed by atoms with van der Waals surface area (Å²) in [5.41, 5.74) is 0. The van der Waals surface area contributed by atoms with E-state index in [0.717, 1.165) is 12.8 Å². The fourth-order valence-electron chi connectivity index (χ4n) is 1.31. The third-order valence-corrected chi connectivity index (χ3v) is 2.39. The van der Waals surface area contributed by atoms with Crippen molar-refractivity contribution in [2.75, 3.05) is 6.61 Å². The summed E-state index contributed by atoms with van der Waals surface area (Å²) in [6.07, 6.45) is 3.87. The van der Waals surface area contributed by atoms with E-state index in [1.54, 1.807) is 0 Å². The van der Waals surface area contributed by atoms with Gasteiger partial charge in [-0.1, -0.05) is 26.8 Å². The molecule has 0 bridgehead atoms. The number of rotatable bonds is 7. The van der Waals surface area contributed by atoms with Gasteiger partial charge in [-0.05, 0) is 18.8 Å². The third kappa shape index (κ3) is 5.06. The van der Waals surface area contributed by atoms with E-state index in [1.807, 2.05) is 6.08 Å². The van der Waals surface area contributed by atoms with Crippen molar-refractivity contribution in [3.63, 3.8) is 0 Å². The van der Waals surface area contributed by atoms with Crippen LogP contribution in [0.15, 0.2) is 12.7 Å². The molecule has 2 unspecified atom stereocenters. The minimum Gasteiger partial charge on any atom is -0.395 e. The minimum atomic E-state index is 0.219. The Balaban J connectivity index is 3.98.